The second-order valence-corrected chi connectivity index (χ2v) is 5.40. The van der Waals surface area contributed by atoms with E-state index in [1.165, 1.54) is 12.8 Å². The average Bonchev–Trinajstić information content (AvgIpc) is 3.05. The standard InChI is InChI=1S/C15H19N3O2/c19-14-10-11-3-4-12(9-13(11)17-14)15(20)16-5-8-18-6-1-2-7-18/h3-4,9H,1-2,5-8,10H2,(H,16,20)(H,17,19). The molecule has 5 heteroatoms. The molecule has 0 spiro atoms. The van der Waals surface area contributed by atoms with E-state index in [9.17, 15) is 9.59 Å². The Bertz CT molecular complexity index is 536. The Labute approximate surface area is 118 Å². The molecule has 3 rings (SSSR count). The lowest BCUT2D eigenvalue weighted by Gasteiger charge is -2.14. The Morgan fingerprint density at radius 3 is 2.90 bits per heavy atom. The first-order valence-corrected chi connectivity index (χ1v) is 7.16. The molecular formula is C15H19N3O2. The largest absolute Gasteiger partial charge is 0.351 e. The van der Waals surface area contributed by atoms with Crippen molar-refractivity contribution in [1.29, 1.82) is 0 Å². The number of fused-ring (bicyclic) bond motifs is 1. The van der Waals surface area contributed by atoms with Crippen molar-refractivity contribution in [2.24, 2.45) is 0 Å². The molecule has 5 nitrogen and oxygen atoms in total. The van der Waals surface area contributed by atoms with Crippen LogP contribution >= 0.6 is 0 Å². The predicted molar refractivity (Wildman–Crippen MR) is 76.8 cm³/mol. The number of nitrogens with zero attached hydrogens (tertiary/aromatic N) is 1. The van der Waals surface area contributed by atoms with E-state index < -0.39 is 0 Å². The molecule has 1 aromatic carbocycles. The molecular weight excluding hydrogens is 254 g/mol. The third kappa shape index (κ3) is 2.82. The van der Waals surface area contributed by atoms with Crippen LogP contribution in [-0.4, -0.2) is 42.9 Å². The molecule has 1 saturated heterocycles. The van der Waals surface area contributed by atoms with Crippen LogP contribution in [0.2, 0.25) is 0 Å². The molecule has 20 heavy (non-hydrogen) atoms. The second-order valence-electron chi connectivity index (χ2n) is 5.40. The molecule has 0 aromatic heterocycles. The summed E-state index contributed by atoms with van der Waals surface area (Å²) in [7, 11) is 0. The molecule has 1 fully saturated rings. The van der Waals surface area contributed by atoms with Crippen molar-refractivity contribution in [2.75, 3.05) is 31.5 Å². The van der Waals surface area contributed by atoms with Gasteiger partial charge in [-0.05, 0) is 43.6 Å². The third-order valence-electron chi connectivity index (χ3n) is 3.91. The smallest absolute Gasteiger partial charge is 0.251 e. The van der Waals surface area contributed by atoms with Crippen LogP contribution in [0.5, 0.6) is 0 Å². The summed E-state index contributed by atoms with van der Waals surface area (Å²) >= 11 is 0. The molecule has 0 aliphatic carbocycles. The van der Waals surface area contributed by atoms with E-state index in [1.54, 1.807) is 12.1 Å². The summed E-state index contributed by atoms with van der Waals surface area (Å²) in [6, 6.07) is 5.39. The molecule has 2 amide bonds. The van der Waals surface area contributed by atoms with Crippen LogP contribution < -0.4 is 10.6 Å². The van der Waals surface area contributed by atoms with Crippen LogP contribution in [0.15, 0.2) is 18.2 Å². The van der Waals surface area contributed by atoms with Crippen LogP contribution in [-0.2, 0) is 11.2 Å². The lowest BCUT2D eigenvalue weighted by Crippen LogP contribution is -2.33. The number of hydrogen-bond acceptors (Lipinski definition) is 3. The molecule has 106 valence electrons. The highest BCUT2D eigenvalue weighted by Crippen LogP contribution is 2.23. The van der Waals surface area contributed by atoms with Gasteiger partial charge in [0.1, 0.15) is 0 Å². The minimum absolute atomic E-state index is 0.00779. The molecule has 2 aliphatic heterocycles. The molecule has 0 radical (unpaired) electrons. The lowest BCUT2D eigenvalue weighted by atomic mass is 10.1. The van der Waals surface area contributed by atoms with Gasteiger partial charge >= 0.3 is 0 Å². The predicted octanol–water partition coefficient (Wildman–Crippen LogP) is 1.01. The van der Waals surface area contributed by atoms with Gasteiger partial charge in [-0.25, -0.2) is 0 Å². The fourth-order valence-electron chi connectivity index (χ4n) is 2.79. The molecule has 0 unspecified atom stereocenters. The number of amides is 2. The average molecular weight is 273 g/mol. The van der Waals surface area contributed by atoms with Crippen molar-refractivity contribution >= 4 is 17.5 Å². The maximum atomic E-state index is 12.1. The molecule has 0 atom stereocenters. The zero-order chi connectivity index (χ0) is 13.9. The summed E-state index contributed by atoms with van der Waals surface area (Å²) < 4.78 is 0. The van der Waals surface area contributed by atoms with Crippen molar-refractivity contribution in [2.45, 2.75) is 19.3 Å². The minimum atomic E-state index is -0.0758. The minimum Gasteiger partial charge on any atom is -0.351 e. The molecule has 1 aromatic rings. The Hall–Kier alpha value is -1.88. The van der Waals surface area contributed by atoms with Gasteiger partial charge in [-0.3, -0.25) is 9.59 Å². The number of anilines is 1. The second kappa shape index (κ2) is 5.63. The maximum absolute atomic E-state index is 12.1. The van der Waals surface area contributed by atoms with Crippen molar-refractivity contribution < 1.29 is 9.59 Å². The van der Waals surface area contributed by atoms with Gasteiger partial charge in [0.15, 0.2) is 0 Å². The van der Waals surface area contributed by atoms with Crippen molar-refractivity contribution in [1.82, 2.24) is 10.2 Å². The van der Waals surface area contributed by atoms with Crippen LogP contribution in [0.1, 0.15) is 28.8 Å². The lowest BCUT2D eigenvalue weighted by molar-refractivity contribution is -0.115. The zero-order valence-electron chi connectivity index (χ0n) is 11.4. The van der Waals surface area contributed by atoms with Crippen molar-refractivity contribution in [3.8, 4) is 0 Å². The summed E-state index contributed by atoms with van der Waals surface area (Å²) in [6.45, 7) is 3.86. The van der Waals surface area contributed by atoms with Crippen LogP contribution in [0, 0.1) is 0 Å². The fraction of sp³-hybridized carbons (Fsp3) is 0.467. The molecule has 2 heterocycles. The number of nitrogens with one attached hydrogen (secondary N) is 2. The number of carbonyl (C=O) groups is 2. The van der Waals surface area contributed by atoms with Gasteiger partial charge < -0.3 is 15.5 Å². The normalized spacial score (nSPS) is 17.9. The molecule has 2 aliphatic rings. The number of carbonyl (C=O) groups excluding carboxylic acids is 2. The van der Waals surface area contributed by atoms with E-state index in [-0.39, 0.29) is 11.8 Å². The Morgan fingerprint density at radius 1 is 1.30 bits per heavy atom. The van der Waals surface area contributed by atoms with E-state index in [0.29, 0.717) is 18.5 Å². The van der Waals surface area contributed by atoms with E-state index in [0.717, 1.165) is 30.9 Å². The van der Waals surface area contributed by atoms with Gasteiger partial charge in [0.25, 0.3) is 5.91 Å². The van der Waals surface area contributed by atoms with Crippen LogP contribution in [0.4, 0.5) is 5.69 Å². The molecule has 0 saturated carbocycles. The molecule has 0 bridgehead atoms. The van der Waals surface area contributed by atoms with Crippen molar-refractivity contribution in [3.63, 3.8) is 0 Å². The van der Waals surface area contributed by atoms with Gasteiger partial charge in [0.2, 0.25) is 5.91 Å². The van der Waals surface area contributed by atoms with E-state index in [1.807, 2.05) is 6.07 Å². The summed E-state index contributed by atoms with van der Waals surface area (Å²) in [6.07, 6.45) is 2.93. The van der Waals surface area contributed by atoms with E-state index in [2.05, 4.69) is 15.5 Å². The van der Waals surface area contributed by atoms with Gasteiger partial charge in [0.05, 0.1) is 6.42 Å². The van der Waals surface area contributed by atoms with Gasteiger partial charge in [0, 0.05) is 24.3 Å². The Kier molecular flexibility index (Phi) is 3.69. The summed E-state index contributed by atoms with van der Waals surface area (Å²) in [4.78, 5) is 25.7. The third-order valence-corrected chi connectivity index (χ3v) is 3.91. The summed E-state index contributed by atoms with van der Waals surface area (Å²) in [5, 5.41) is 5.70. The van der Waals surface area contributed by atoms with Gasteiger partial charge in [-0.2, -0.15) is 0 Å². The highest BCUT2D eigenvalue weighted by atomic mass is 16.2. The SMILES string of the molecule is O=C1Cc2ccc(C(=O)NCCN3CCCC3)cc2N1. The summed E-state index contributed by atoms with van der Waals surface area (Å²) in [5.41, 5.74) is 2.33. The quantitative estimate of drug-likeness (QED) is 0.860. The van der Waals surface area contributed by atoms with Crippen LogP contribution in [0.3, 0.4) is 0 Å². The number of rotatable bonds is 4. The van der Waals surface area contributed by atoms with Gasteiger partial charge in [-0.1, -0.05) is 6.07 Å². The maximum Gasteiger partial charge on any atom is 0.251 e. The monoisotopic (exact) mass is 273 g/mol. The first kappa shape index (κ1) is 13.1. The zero-order valence-corrected chi connectivity index (χ0v) is 11.4. The number of likely N-dealkylation sites (tertiary alicyclic amines) is 1. The highest BCUT2D eigenvalue weighted by Gasteiger charge is 2.19. The fourth-order valence-corrected chi connectivity index (χ4v) is 2.79. The highest BCUT2D eigenvalue weighted by molar-refractivity contribution is 6.02. The topological polar surface area (TPSA) is 61.4 Å². The van der Waals surface area contributed by atoms with E-state index >= 15 is 0 Å². The van der Waals surface area contributed by atoms with Gasteiger partial charge in [-0.15, -0.1) is 0 Å². The van der Waals surface area contributed by atoms with E-state index in [4.69, 9.17) is 0 Å². The number of hydrogen-bond donors (Lipinski definition) is 2. The Morgan fingerprint density at radius 2 is 2.10 bits per heavy atom. The first-order chi connectivity index (χ1) is 9.72. The summed E-state index contributed by atoms with van der Waals surface area (Å²) in [5.74, 6) is -0.0836. The number of benzene rings is 1. The van der Waals surface area contributed by atoms with Crippen molar-refractivity contribution in [3.05, 3.63) is 29.3 Å². The Balaban J connectivity index is 1.54. The molecule has 2 N–H and O–H groups in total. The first-order valence-electron chi connectivity index (χ1n) is 7.16. The van der Waals surface area contributed by atoms with Crippen LogP contribution in [0.25, 0.3) is 0 Å².